The van der Waals surface area contributed by atoms with Gasteiger partial charge in [-0.05, 0) is 26.8 Å². The van der Waals surface area contributed by atoms with E-state index in [0.717, 1.165) is 25.2 Å². The highest BCUT2D eigenvalue weighted by molar-refractivity contribution is 5.13. The normalized spacial score (nSPS) is 11.2. The summed E-state index contributed by atoms with van der Waals surface area (Å²) in [5.41, 5.74) is 2.40. The highest BCUT2D eigenvalue weighted by Crippen LogP contribution is 2.00. The average molecular weight is 179 g/mol. The van der Waals surface area contributed by atoms with Crippen LogP contribution in [0.3, 0.4) is 0 Å². The first-order chi connectivity index (χ1) is 6.34. The van der Waals surface area contributed by atoms with Crippen molar-refractivity contribution >= 4 is 0 Å². The maximum Gasteiger partial charge on any atom is 0.0535 e. The molecule has 13 heavy (non-hydrogen) atoms. The van der Waals surface area contributed by atoms with Gasteiger partial charge < -0.3 is 5.32 Å². The zero-order chi connectivity index (χ0) is 9.52. The molecule has 0 fully saturated rings. The van der Waals surface area contributed by atoms with E-state index in [1.54, 1.807) is 0 Å². The van der Waals surface area contributed by atoms with Crippen molar-refractivity contribution in [3.8, 4) is 0 Å². The van der Waals surface area contributed by atoms with Crippen molar-refractivity contribution in [1.29, 1.82) is 0 Å². The van der Waals surface area contributed by atoms with Gasteiger partial charge in [-0.1, -0.05) is 12.2 Å². The second-order valence-electron chi connectivity index (χ2n) is 3.05. The Kier molecular flexibility index (Phi) is 4.26. The Balaban J connectivity index is 2.16. The molecule has 1 aromatic rings. The summed E-state index contributed by atoms with van der Waals surface area (Å²) >= 11 is 0. The monoisotopic (exact) mass is 179 g/mol. The van der Waals surface area contributed by atoms with Crippen molar-refractivity contribution < 1.29 is 0 Å². The molecule has 0 saturated carbocycles. The average Bonchev–Trinajstić information content (AvgIpc) is 2.52. The van der Waals surface area contributed by atoms with Crippen LogP contribution in [0.4, 0.5) is 0 Å². The molecule has 0 aliphatic carbocycles. The van der Waals surface area contributed by atoms with E-state index >= 15 is 0 Å². The summed E-state index contributed by atoms with van der Waals surface area (Å²) in [6, 6.07) is 0. The Morgan fingerprint density at radius 2 is 2.46 bits per heavy atom. The number of aromatic nitrogens is 2. The predicted molar refractivity (Wildman–Crippen MR) is 54.5 cm³/mol. The highest BCUT2D eigenvalue weighted by atomic mass is 15.1. The maximum absolute atomic E-state index is 3.96. The molecule has 1 rings (SSSR count). The lowest BCUT2D eigenvalue weighted by atomic mass is 10.2. The van der Waals surface area contributed by atoms with Gasteiger partial charge in [0.1, 0.15) is 0 Å². The molecule has 0 unspecified atom stereocenters. The molecule has 0 radical (unpaired) electrons. The highest BCUT2D eigenvalue weighted by Gasteiger charge is 1.97. The number of allylic oxidation sites excluding steroid dienone is 1. The Bertz CT molecular complexity index is 263. The van der Waals surface area contributed by atoms with Crippen LogP contribution in [0.5, 0.6) is 0 Å². The molecule has 1 heterocycles. The molecule has 72 valence electrons. The van der Waals surface area contributed by atoms with Crippen molar-refractivity contribution in [3.63, 3.8) is 0 Å². The second kappa shape index (κ2) is 5.54. The van der Waals surface area contributed by atoms with Crippen LogP contribution in [0.1, 0.15) is 24.6 Å². The molecular formula is C10H17N3. The Morgan fingerprint density at radius 1 is 1.62 bits per heavy atom. The molecule has 0 spiro atoms. The lowest BCUT2D eigenvalue weighted by molar-refractivity contribution is 0.693. The number of aryl methyl sites for hydroxylation is 1. The van der Waals surface area contributed by atoms with Gasteiger partial charge in [0.25, 0.3) is 0 Å². The summed E-state index contributed by atoms with van der Waals surface area (Å²) < 4.78 is 0. The third-order valence-corrected chi connectivity index (χ3v) is 1.97. The lowest BCUT2D eigenvalue weighted by Crippen LogP contribution is -2.14. The molecule has 2 N–H and O–H groups in total. The van der Waals surface area contributed by atoms with E-state index in [1.807, 2.05) is 20.0 Å². The first-order valence-corrected chi connectivity index (χ1v) is 4.65. The van der Waals surface area contributed by atoms with Crippen LogP contribution in [0, 0.1) is 6.92 Å². The van der Waals surface area contributed by atoms with Crippen molar-refractivity contribution in [3.05, 3.63) is 29.6 Å². The van der Waals surface area contributed by atoms with E-state index in [9.17, 15) is 0 Å². The van der Waals surface area contributed by atoms with E-state index < -0.39 is 0 Å². The van der Waals surface area contributed by atoms with Crippen LogP contribution in [0.15, 0.2) is 18.3 Å². The number of rotatable bonds is 5. The molecular weight excluding hydrogens is 162 g/mol. The quantitative estimate of drug-likeness (QED) is 0.534. The SMILES string of the molecule is C/C=C/CCNCc1cn[nH]c1C. The van der Waals surface area contributed by atoms with Gasteiger partial charge >= 0.3 is 0 Å². The number of hydrogen-bond donors (Lipinski definition) is 2. The minimum Gasteiger partial charge on any atom is -0.312 e. The van der Waals surface area contributed by atoms with Crippen molar-refractivity contribution in [2.45, 2.75) is 26.8 Å². The van der Waals surface area contributed by atoms with Crippen molar-refractivity contribution in [2.24, 2.45) is 0 Å². The van der Waals surface area contributed by atoms with Gasteiger partial charge in [-0.15, -0.1) is 0 Å². The van der Waals surface area contributed by atoms with Crippen LogP contribution >= 0.6 is 0 Å². The smallest absolute Gasteiger partial charge is 0.0535 e. The van der Waals surface area contributed by atoms with Crippen molar-refractivity contribution in [1.82, 2.24) is 15.5 Å². The number of aromatic amines is 1. The fourth-order valence-electron chi connectivity index (χ4n) is 1.13. The summed E-state index contributed by atoms with van der Waals surface area (Å²) in [6.45, 7) is 6.00. The topological polar surface area (TPSA) is 40.7 Å². The first-order valence-electron chi connectivity index (χ1n) is 4.65. The first kappa shape index (κ1) is 9.99. The summed E-state index contributed by atoms with van der Waals surface area (Å²) in [7, 11) is 0. The molecule has 0 aliphatic rings. The molecule has 0 bridgehead atoms. The summed E-state index contributed by atoms with van der Waals surface area (Å²) in [6.07, 6.45) is 7.20. The third-order valence-electron chi connectivity index (χ3n) is 1.97. The fraction of sp³-hybridized carbons (Fsp3) is 0.500. The minimum absolute atomic E-state index is 0.903. The zero-order valence-corrected chi connectivity index (χ0v) is 8.30. The van der Waals surface area contributed by atoms with Crippen LogP contribution < -0.4 is 5.32 Å². The molecule has 3 heteroatoms. The van der Waals surface area contributed by atoms with Crippen molar-refractivity contribution in [2.75, 3.05) is 6.54 Å². The largest absolute Gasteiger partial charge is 0.312 e. The standard InChI is InChI=1S/C10H17N3/c1-3-4-5-6-11-7-10-8-12-13-9(10)2/h3-4,8,11H,5-7H2,1-2H3,(H,12,13)/b4-3+. The predicted octanol–water partition coefficient (Wildman–Crippen LogP) is 1.77. The number of nitrogens with one attached hydrogen (secondary N) is 2. The van der Waals surface area contributed by atoms with E-state index in [1.165, 1.54) is 5.56 Å². The molecule has 0 aliphatic heterocycles. The minimum atomic E-state index is 0.903. The Morgan fingerprint density at radius 3 is 3.08 bits per heavy atom. The lowest BCUT2D eigenvalue weighted by Gasteiger charge is -2.00. The molecule has 3 nitrogen and oxygen atoms in total. The summed E-state index contributed by atoms with van der Waals surface area (Å²) in [5.74, 6) is 0. The maximum atomic E-state index is 3.96. The van der Waals surface area contributed by atoms with E-state index in [0.29, 0.717) is 0 Å². The molecule has 0 saturated heterocycles. The van der Waals surface area contributed by atoms with Gasteiger partial charge in [0.2, 0.25) is 0 Å². The van der Waals surface area contributed by atoms with E-state index in [-0.39, 0.29) is 0 Å². The van der Waals surface area contributed by atoms with Crippen LogP contribution in [0.2, 0.25) is 0 Å². The molecule has 1 aromatic heterocycles. The van der Waals surface area contributed by atoms with Crippen LogP contribution in [-0.2, 0) is 6.54 Å². The molecule has 0 atom stereocenters. The zero-order valence-electron chi connectivity index (χ0n) is 8.30. The second-order valence-corrected chi connectivity index (χ2v) is 3.05. The van der Waals surface area contributed by atoms with Crippen LogP contribution in [-0.4, -0.2) is 16.7 Å². The number of hydrogen-bond acceptors (Lipinski definition) is 2. The van der Waals surface area contributed by atoms with Crippen LogP contribution in [0.25, 0.3) is 0 Å². The summed E-state index contributed by atoms with van der Waals surface area (Å²) in [4.78, 5) is 0. The Labute approximate surface area is 79.2 Å². The van der Waals surface area contributed by atoms with E-state index in [2.05, 4.69) is 27.7 Å². The molecule has 0 aromatic carbocycles. The molecule has 0 amide bonds. The van der Waals surface area contributed by atoms with Gasteiger partial charge in [0.05, 0.1) is 6.20 Å². The number of H-pyrrole nitrogens is 1. The third kappa shape index (κ3) is 3.42. The van der Waals surface area contributed by atoms with Gasteiger partial charge in [-0.2, -0.15) is 5.10 Å². The number of nitrogens with zero attached hydrogens (tertiary/aromatic N) is 1. The van der Waals surface area contributed by atoms with Gasteiger partial charge in [0, 0.05) is 17.8 Å². The fourth-order valence-corrected chi connectivity index (χ4v) is 1.13. The van der Waals surface area contributed by atoms with E-state index in [4.69, 9.17) is 0 Å². The summed E-state index contributed by atoms with van der Waals surface area (Å²) in [5, 5.41) is 10.2. The van der Waals surface area contributed by atoms with Gasteiger partial charge in [0.15, 0.2) is 0 Å². The van der Waals surface area contributed by atoms with Gasteiger partial charge in [-0.3, -0.25) is 5.10 Å². The Hall–Kier alpha value is -1.09. The van der Waals surface area contributed by atoms with Gasteiger partial charge in [-0.25, -0.2) is 0 Å².